The van der Waals surface area contributed by atoms with Crippen molar-refractivity contribution in [3.8, 4) is 0 Å². The molecule has 0 bridgehead atoms. The molecule has 0 saturated heterocycles. The van der Waals surface area contributed by atoms with E-state index in [-0.39, 0.29) is 19.1 Å². The van der Waals surface area contributed by atoms with E-state index >= 15 is 0 Å². The van der Waals surface area contributed by atoms with Crippen LogP contribution in [0, 0.1) is 0 Å². The lowest BCUT2D eigenvalue weighted by atomic mass is 10.4. The second-order valence-electron chi connectivity index (χ2n) is 2.10. The maximum atomic E-state index is 10.5. The van der Waals surface area contributed by atoms with Gasteiger partial charge in [0, 0.05) is 6.54 Å². The summed E-state index contributed by atoms with van der Waals surface area (Å²) in [5.41, 5.74) is 0. The maximum absolute atomic E-state index is 10.5. The number of carbonyl (C=O) groups excluding carboxylic acids is 1. The summed E-state index contributed by atoms with van der Waals surface area (Å²) in [4.78, 5) is 10.5. The van der Waals surface area contributed by atoms with Gasteiger partial charge in [-0.25, -0.2) is 4.18 Å². The molecule has 0 aliphatic carbocycles. The molecule has 6 nitrogen and oxygen atoms in total. The standard InChI is InChI=1S/C6H11NO5S/c1-2-6(8)7-4-3-5-12-13(9,10)11/h2H,1,3-5H2,(H,7,8)(H,9,10,11). The van der Waals surface area contributed by atoms with Crippen LogP contribution in [0.25, 0.3) is 0 Å². The van der Waals surface area contributed by atoms with Gasteiger partial charge in [-0.1, -0.05) is 6.58 Å². The molecule has 0 saturated carbocycles. The van der Waals surface area contributed by atoms with Crippen LogP contribution in [0.1, 0.15) is 6.42 Å². The molecule has 1 amide bonds. The Morgan fingerprint density at radius 2 is 2.23 bits per heavy atom. The number of hydrogen-bond donors (Lipinski definition) is 2. The van der Waals surface area contributed by atoms with Crippen molar-refractivity contribution in [3.63, 3.8) is 0 Å². The summed E-state index contributed by atoms with van der Waals surface area (Å²) in [6.45, 7) is 3.31. The molecule has 0 atom stereocenters. The molecule has 13 heavy (non-hydrogen) atoms. The van der Waals surface area contributed by atoms with Crippen LogP contribution in [0.15, 0.2) is 12.7 Å². The summed E-state index contributed by atoms with van der Waals surface area (Å²) < 4.78 is 32.1. The molecule has 0 aliphatic heterocycles. The average molecular weight is 209 g/mol. The second-order valence-corrected chi connectivity index (χ2v) is 3.19. The van der Waals surface area contributed by atoms with Crippen LogP contribution in [0.3, 0.4) is 0 Å². The zero-order chi connectivity index (χ0) is 10.3. The Morgan fingerprint density at radius 3 is 2.69 bits per heavy atom. The van der Waals surface area contributed by atoms with Crippen molar-refractivity contribution in [3.05, 3.63) is 12.7 Å². The molecule has 0 heterocycles. The van der Waals surface area contributed by atoms with Crippen molar-refractivity contribution < 1.29 is 21.9 Å². The summed E-state index contributed by atoms with van der Waals surface area (Å²) in [6.07, 6.45) is 1.39. The van der Waals surface area contributed by atoms with Crippen molar-refractivity contribution in [1.29, 1.82) is 0 Å². The monoisotopic (exact) mass is 209 g/mol. The fraction of sp³-hybridized carbons (Fsp3) is 0.500. The molecule has 0 aromatic rings. The Morgan fingerprint density at radius 1 is 1.62 bits per heavy atom. The molecular weight excluding hydrogens is 198 g/mol. The van der Waals surface area contributed by atoms with Gasteiger partial charge >= 0.3 is 10.4 Å². The van der Waals surface area contributed by atoms with Crippen LogP contribution in [0.2, 0.25) is 0 Å². The third-order valence-corrected chi connectivity index (χ3v) is 1.50. The van der Waals surface area contributed by atoms with Gasteiger partial charge in [0.1, 0.15) is 0 Å². The van der Waals surface area contributed by atoms with E-state index in [1.807, 2.05) is 0 Å². The average Bonchev–Trinajstić information content (AvgIpc) is 2.01. The summed E-state index contributed by atoms with van der Waals surface area (Å²) in [7, 11) is -4.36. The molecule has 2 N–H and O–H groups in total. The zero-order valence-corrected chi connectivity index (χ0v) is 7.71. The summed E-state index contributed by atoms with van der Waals surface area (Å²) in [5, 5.41) is 2.41. The molecule has 7 heteroatoms. The minimum absolute atomic E-state index is 0.170. The van der Waals surface area contributed by atoms with E-state index in [1.54, 1.807) is 0 Å². The predicted molar refractivity (Wildman–Crippen MR) is 45.3 cm³/mol. The highest BCUT2D eigenvalue weighted by molar-refractivity contribution is 7.80. The normalized spacial score (nSPS) is 10.8. The van der Waals surface area contributed by atoms with Gasteiger partial charge in [-0.2, -0.15) is 8.42 Å². The highest BCUT2D eigenvalue weighted by Crippen LogP contribution is 1.87. The molecule has 0 aromatic heterocycles. The minimum atomic E-state index is -4.36. The van der Waals surface area contributed by atoms with Crippen molar-refractivity contribution in [2.24, 2.45) is 0 Å². The zero-order valence-electron chi connectivity index (χ0n) is 6.89. The van der Waals surface area contributed by atoms with Crippen LogP contribution < -0.4 is 5.32 Å². The summed E-state index contributed by atoms with van der Waals surface area (Å²) >= 11 is 0. The van der Waals surface area contributed by atoms with Gasteiger partial charge in [0.15, 0.2) is 0 Å². The Labute approximate surface area is 76.5 Å². The first kappa shape index (κ1) is 12.1. The van der Waals surface area contributed by atoms with Gasteiger partial charge in [-0.05, 0) is 12.5 Å². The van der Waals surface area contributed by atoms with Crippen molar-refractivity contribution in [2.75, 3.05) is 13.2 Å². The van der Waals surface area contributed by atoms with Gasteiger partial charge in [0.2, 0.25) is 5.91 Å². The van der Waals surface area contributed by atoms with E-state index in [9.17, 15) is 13.2 Å². The van der Waals surface area contributed by atoms with Crippen LogP contribution in [-0.4, -0.2) is 32.0 Å². The van der Waals surface area contributed by atoms with Crippen LogP contribution >= 0.6 is 0 Å². The molecule has 0 aromatic carbocycles. The van der Waals surface area contributed by atoms with Gasteiger partial charge in [0.05, 0.1) is 6.61 Å². The number of carbonyl (C=O) groups is 1. The van der Waals surface area contributed by atoms with Gasteiger partial charge in [-0.3, -0.25) is 9.35 Å². The smallest absolute Gasteiger partial charge is 0.352 e. The third-order valence-electron chi connectivity index (χ3n) is 1.04. The largest absolute Gasteiger partial charge is 0.397 e. The quantitative estimate of drug-likeness (QED) is 0.349. The Bertz CT molecular complexity index is 271. The Balaban J connectivity index is 3.38. The Kier molecular flexibility index (Phi) is 5.28. The Hall–Kier alpha value is -0.920. The molecule has 0 fully saturated rings. The fourth-order valence-electron chi connectivity index (χ4n) is 0.520. The molecule has 0 unspecified atom stereocenters. The molecule has 0 radical (unpaired) electrons. The highest BCUT2D eigenvalue weighted by atomic mass is 32.3. The predicted octanol–water partition coefficient (Wildman–Crippen LogP) is -0.502. The molecule has 0 aliphatic rings. The van der Waals surface area contributed by atoms with Gasteiger partial charge in [-0.15, -0.1) is 0 Å². The first-order chi connectivity index (χ1) is 5.95. The summed E-state index contributed by atoms with van der Waals surface area (Å²) in [6, 6.07) is 0. The van der Waals surface area contributed by atoms with Crippen molar-refractivity contribution in [2.45, 2.75) is 6.42 Å². The van der Waals surface area contributed by atoms with Crippen molar-refractivity contribution >= 4 is 16.3 Å². The van der Waals surface area contributed by atoms with Gasteiger partial charge < -0.3 is 5.32 Å². The molecule has 0 rings (SSSR count). The number of nitrogens with one attached hydrogen (secondary N) is 1. The van der Waals surface area contributed by atoms with E-state index < -0.39 is 10.4 Å². The second kappa shape index (κ2) is 5.68. The van der Waals surface area contributed by atoms with E-state index in [2.05, 4.69) is 16.1 Å². The topological polar surface area (TPSA) is 92.7 Å². The van der Waals surface area contributed by atoms with Crippen LogP contribution in [0.4, 0.5) is 0 Å². The van der Waals surface area contributed by atoms with Gasteiger partial charge in [0.25, 0.3) is 0 Å². The first-order valence-corrected chi connectivity index (χ1v) is 4.84. The van der Waals surface area contributed by atoms with E-state index in [0.29, 0.717) is 6.42 Å². The fourth-order valence-corrected chi connectivity index (χ4v) is 0.849. The lowest BCUT2D eigenvalue weighted by Gasteiger charge is -2.01. The first-order valence-electron chi connectivity index (χ1n) is 3.48. The molecule has 0 spiro atoms. The molecule has 76 valence electrons. The SMILES string of the molecule is C=CC(=O)NCCCOS(=O)(=O)O. The number of amides is 1. The number of rotatable bonds is 6. The summed E-state index contributed by atoms with van der Waals surface area (Å²) in [5.74, 6) is -0.341. The lowest BCUT2D eigenvalue weighted by Crippen LogP contribution is -2.23. The van der Waals surface area contributed by atoms with Crippen LogP contribution in [-0.2, 0) is 19.4 Å². The van der Waals surface area contributed by atoms with E-state index in [0.717, 1.165) is 6.08 Å². The maximum Gasteiger partial charge on any atom is 0.397 e. The number of hydrogen-bond acceptors (Lipinski definition) is 4. The molecular formula is C6H11NO5S. The third kappa shape index (κ3) is 8.99. The highest BCUT2D eigenvalue weighted by Gasteiger charge is 2.02. The van der Waals surface area contributed by atoms with E-state index in [4.69, 9.17) is 4.55 Å². The minimum Gasteiger partial charge on any atom is -0.352 e. The lowest BCUT2D eigenvalue weighted by molar-refractivity contribution is -0.116. The van der Waals surface area contributed by atoms with Crippen LogP contribution in [0.5, 0.6) is 0 Å². The van der Waals surface area contributed by atoms with Crippen molar-refractivity contribution in [1.82, 2.24) is 5.32 Å². The van der Waals surface area contributed by atoms with E-state index in [1.165, 1.54) is 0 Å².